The second-order valence-electron chi connectivity index (χ2n) is 3.97. The molecule has 0 aliphatic rings. The lowest BCUT2D eigenvalue weighted by atomic mass is 10.1. The van der Waals surface area contributed by atoms with E-state index in [1.165, 1.54) is 16.3 Å². The number of benzene rings is 2. The second-order valence-corrected chi connectivity index (χ2v) is 4.92. The van der Waals surface area contributed by atoms with E-state index in [-0.39, 0.29) is 0 Å². The quantitative estimate of drug-likeness (QED) is 0.707. The van der Waals surface area contributed by atoms with E-state index >= 15 is 0 Å². The third-order valence-corrected chi connectivity index (χ3v) is 3.58. The third kappa shape index (κ3) is 2.31. The van der Waals surface area contributed by atoms with E-state index in [0.717, 1.165) is 5.75 Å². The first-order valence-electron chi connectivity index (χ1n) is 5.59. The first-order chi connectivity index (χ1) is 8.81. The summed E-state index contributed by atoms with van der Waals surface area (Å²) in [4.78, 5) is 4.06. The Bertz CT molecular complexity index is 677. The molecule has 0 bridgehead atoms. The molecule has 18 heavy (non-hydrogen) atoms. The molecule has 0 radical (unpaired) electrons. The summed E-state index contributed by atoms with van der Waals surface area (Å²) < 4.78 is 0. The molecule has 0 fully saturated rings. The highest BCUT2D eigenvalue weighted by atomic mass is 32.2. The van der Waals surface area contributed by atoms with Crippen molar-refractivity contribution in [3.8, 4) is 0 Å². The van der Waals surface area contributed by atoms with Crippen molar-refractivity contribution in [3.05, 3.63) is 48.0 Å². The summed E-state index contributed by atoms with van der Waals surface area (Å²) in [7, 11) is 0. The summed E-state index contributed by atoms with van der Waals surface area (Å²) in [6.45, 7) is 0. The zero-order valence-corrected chi connectivity index (χ0v) is 10.4. The van der Waals surface area contributed by atoms with Crippen molar-refractivity contribution < 1.29 is 0 Å². The Morgan fingerprint density at radius 1 is 1.11 bits per heavy atom. The minimum absolute atomic E-state index is 0.357. The van der Waals surface area contributed by atoms with Gasteiger partial charge in [0, 0.05) is 5.75 Å². The molecule has 1 aromatic heterocycles. The molecule has 0 amide bonds. The molecule has 3 N–H and O–H groups in total. The minimum atomic E-state index is 0.357. The molecule has 0 saturated heterocycles. The van der Waals surface area contributed by atoms with Gasteiger partial charge in [0.2, 0.25) is 11.1 Å². The zero-order valence-electron chi connectivity index (χ0n) is 9.63. The smallest absolute Gasteiger partial charge is 0.216 e. The van der Waals surface area contributed by atoms with Gasteiger partial charge in [0.25, 0.3) is 0 Å². The highest BCUT2D eigenvalue weighted by Gasteiger charge is 2.02. The lowest BCUT2D eigenvalue weighted by Crippen LogP contribution is -1.85. The maximum Gasteiger partial charge on any atom is 0.216 e. The molecular weight excluding hydrogens is 244 g/mol. The van der Waals surface area contributed by atoms with Gasteiger partial charge in [-0.05, 0) is 16.3 Å². The first kappa shape index (κ1) is 11.1. The second kappa shape index (κ2) is 4.70. The maximum absolute atomic E-state index is 5.48. The van der Waals surface area contributed by atoms with Gasteiger partial charge >= 0.3 is 0 Å². The monoisotopic (exact) mass is 256 g/mol. The van der Waals surface area contributed by atoms with Crippen molar-refractivity contribution in [1.82, 2.24) is 15.2 Å². The van der Waals surface area contributed by atoms with Gasteiger partial charge in [-0.2, -0.15) is 4.98 Å². The number of fused-ring (bicyclic) bond motifs is 1. The van der Waals surface area contributed by atoms with Gasteiger partial charge in [-0.15, -0.1) is 5.10 Å². The summed E-state index contributed by atoms with van der Waals surface area (Å²) in [6.07, 6.45) is 0. The molecule has 5 heteroatoms. The van der Waals surface area contributed by atoms with Crippen LogP contribution in [-0.4, -0.2) is 15.2 Å². The molecule has 0 saturated carbocycles. The SMILES string of the molecule is Nc1nc(SCc2ccc3ccccc3c2)n[nH]1. The van der Waals surface area contributed by atoms with Gasteiger partial charge in [0.1, 0.15) is 0 Å². The Labute approximate surface area is 109 Å². The Morgan fingerprint density at radius 2 is 1.94 bits per heavy atom. The Morgan fingerprint density at radius 3 is 2.72 bits per heavy atom. The number of thioether (sulfide) groups is 1. The number of nitrogens with one attached hydrogen (secondary N) is 1. The van der Waals surface area contributed by atoms with Crippen LogP contribution in [0.25, 0.3) is 10.8 Å². The Hall–Kier alpha value is -2.01. The molecule has 0 spiro atoms. The molecule has 3 rings (SSSR count). The van der Waals surface area contributed by atoms with E-state index < -0.39 is 0 Å². The van der Waals surface area contributed by atoms with Crippen LogP contribution in [0.1, 0.15) is 5.56 Å². The van der Waals surface area contributed by atoms with Gasteiger partial charge in [0.05, 0.1) is 0 Å². The van der Waals surface area contributed by atoms with E-state index in [9.17, 15) is 0 Å². The number of H-pyrrole nitrogens is 1. The van der Waals surface area contributed by atoms with Gasteiger partial charge in [0.15, 0.2) is 0 Å². The summed E-state index contributed by atoms with van der Waals surface area (Å²) in [5.74, 6) is 1.19. The van der Waals surface area contributed by atoms with Crippen LogP contribution in [0.2, 0.25) is 0 Å². The van der Waals surface area contributed by atoms with Gasteiger partial charge in [-0.25, -0.2) is 5.10 Å². The van der Waals surface area contributed by atoms with Crippen molar-refractivity contribution >= 4 is 28.5 Å². The topological polar surface area (TPSA) is 67.6 Å². The van der Waals surface area contributed by atoms with Crippen molar-refractivity contribution in [2.24, 2.45) is 0 Å². The molecule has 0 atom stereocenters. The van der Waals surface area contributed by atoms with E-state index in [1.807, 2.05) is 6.07 Å². The van der Waals surface area contributed by atoms with Crippen molar-refractivity contribution in [2.75, 3.05) is 5.73 Å². The molecule has 4 nitrogen and oxygen atoms in total. The predicted molar refractivity (Wildman–Crippen MR) is 74.3 cm³/mol. The number of anilines is 1. The molecule has 0 aliphatic heterocycles. The van der Waals surface area contributed by atoms with Crippen LogP contribution in [0, 0.1) is 0 Å². The number of nitrogen functional groups attached to an aromatic ring is 1. The predicted octanol–water partition coefficient (Wildman–Crippen LogP) is 2.83. The number of aromatic amines is 1. The number of nitrogens with two attached hydrogens (primary N) is 1. The molecule has 1 heterocycles. The average molecular weight is 256 g/mol. The van der Waals surface area contributed by atoms with Crippen LogP contribution in [-0.2, 0) is 5.75 Å². The van der Waals surface area contributed by atoms with Gasteiger partial charge < -0.3 is 5.73 Å². The molecule has 0 unspecified atom stereocenters. The van der Waals surface area contributed by atoms with Crippen LogP contribution in [0.5, 0.6) is 0 Å². The fourth-order valence-corrected chi connectivity index (χ4v) is 2.55. The van der Waals surface area contributed by atoms with Crippen molar-refractivity contribution in [1.29, 1.82) is 0 Å². The molecular formula is C13H12N4S. The number of hydrogen-bond donors (Lipinski definition) is 2. The summed E-state index contributed by atoms with van der Waals surface area (Å²) in [5.41, 5.74) is 6.73. The highest BCUT2D eigenvalue weighted by molar-refractivity contribution is 7.98. The van der Waals surface area contributed by atoms with Gasteiger partial charge in [-0.1, -0.05) is 54.2 Å². The van der Waals surface area contributed by atoms with Crippen molar-refractivity contribution in [3.63, 3.8) is 0 Å². The lowest BCUT2D eigenvalue weighted by molar-refractivity contribution is 0.973. The van der Waals surface area contributed by atoms with Crippen molar-refractivity contribution in [2.45, 2.75) is 10.9 Å². The minimum Gasteiger partial charge on any atom is -0.368 e. The molecule has 2 aromatic carbocycles. The summed E-state index contributed by atoms with van der Waals surface area (Å²) >= 11 is 1.57. The normalized spacial score (nSPS) is 10.9. The zero-order chi connectivity index (χ0) is 12.4. The van der Waals surface area contributed by atoms with Crippen LogP contribution in [0.3, 0.4) is 0 Å². The van der Waals surface area contributed by atoms with E-state index in [1.54, 1.807) is 11.8 Å². The standard InChI is InChI=1S/C13H12N4S/c14-12-15-13(17-16-12)18-8-9-5-6-10-3-1-2-4-11(10)7-9/h1-7H,8H2,(H3,14,15,16,17). The highest BCUT2D eigenvalue weighted by Crippen LogP contribution is 2.22. The molecule has 3 aromatic rings. The largest absolute Gasteiger partial charge is 0.368 e. The van der Waals surface area contributed by atoms with Crippen LogP contribution in [0.15, 0.2) is 47.6 Å². The average Bonchev–Trinajstić information content (AvgIpc) is 2.82. The molecule has 0 aliphatic carbocycles. The summed E-state index contributed by atoms with van der Waals surface area (Å²) in [5, 5.41) is 9.82. The molecule has 90 valence electrons. The first-order valence-corrected chi connectivity index (χ1v) is 6.58. The van der Waals surface area contributed by atoms with Crippen LogP contribution >= 0.6 is 11.8 Å². The fourth-order valence-electron chi connectivity index (χ4n) is 1.80. The van der Waals surface area contributed by atoms with Crippen LogP contribution < -0.4 is 5.73 Å². The number of aromatic nitrogens is 3. The van der Waals surface area contributed by atoms with Crippen LogP contribution in [0.4, 0.5) is 5.95 Å². The van der Waals surface area contributed by atoms with Gasteiger partial charge in [-0.3, -0.25) is 0 Å². The Kier molecular flexibility index (Phi) is 2.90. The van der Waals surface area contributed by atoms with E-state index in [2.05, 4.69) is 51.6 Å². The Balaban J connectivity index is 1.78. The third-order valence-electron chi connectivity index (χ3n) is 2.66. The number of nitrogens with zero attached hydrogens (tertiary/aromatic N) is 2. The number of hydrogen-bond acceptors (Lipinski definition) is 4. The summed E-state index contributed by atoms with van der Waals surface area (Å²) in [6, 6.07) is 14.8. The maximum atomic E-state index is 5.48. The van der Waals surface area contributed by atoms with E-state index in [4.69, 9.17) is 5.73 Å². The number of rotatable bonds is 3. The van der Waals surface area contributed by atoms with E-state index in [0.29, 0.717) is 11.1 Å². The lowest BCUT2D eigenvalue weighted by Gasteiger charge is -2.01. The fraction of sp³-hybridized carbons (Fsp3) is 0.0769.